The van der Waals surface area contributed by atoms with Gasteiger partial charge in [0.15, 0.2) is 6.10 Å². The summed E-state index contributed by atoms with van der Waals surface area (Å²) in [5.41, 5.74) is 7.46. The Morgan fingerprint density at radius 3 is 2.30 bits per heavy atom. The molecule has 0 unspecified atom stereocenters. The van der Waals surface area contributed by atoms with Gasteiger partial charge in [0.05, 0.1) is 5.92 Å². The number of benzene rings is 1. The number of aliphatic carboxylic acids is 1. The van der Waals surface area contributed by atoms with Gasteiger partial charge in [-0.25, -0.2) is 9.78 Å². The summed E-state index contributed by atoms with van der Waals surface area (Å²) in [7, 11) is 1.78. The van der Waals surface area contributed by atoms with Crippen molar-refractivity contribution >= 4 is 40.9 Å². The third-order valence-corrected chi connectivity index (χ3v) is 8.73. The fraction of sp³-hybridized carbons (Fsp3) is 0.594. The molecule has 1 heterocycles. The van der Waals surface area contributed by atoms with E-state index in [0.29, 0.717) is 36.5 Å². The Bertz CT molecular complexity index is 1230. The van der Waals surface area contributed by atoms with Crippen molar-refractivity contribution in [3.63, 3.8) is 0 Å². The number of nitrogens with zero attached hydrogens (tertiary/aromatic N) is 2. The molecule has 0 aliphatic heterocycles. The molecule has 0 fully saturated rings. The minimum Gasteiger partial charge on any atom is -0.481 e. The summed E-state index contributed by atoms with van der Waals surface area (Å²) >= 11 is 1.20. The molecule has 1 aromatic heterocycles. The second-order valence-electron chi connectivity index (χ2n) is 11.9. The van der Waals surface area contributed by atoms with Gasteiger partial charge in [-0.3, -0.25) is 14.4 Å². The number of hydrogen-bond donors (Lipinski definition) is 4. The molecule has 12 heteroatoms. The number of carbonyl (C=O) groups excluding carboxylic acids is 3. The van der Waals surface area contributed by atoms with Gasteiger partial charge in [0.2, 0.25) is 5.91 Å². The summed E-state index contributed by atoms with van der Waals surface area (Å²) in [6.45, 7) is 11.9. The molecule has 0 spiro atoms. The van der Waals surface area contributed by atoms with E-state index in [9.17, 15) is 24.3 Å². The van der Waals surface area contributed by atoms with Crippen molar-refractivity contribution in [3.05, 3.63) is 45.9 Å². The summed E-state index contributed by atoms with van der Waals surface area (Å²) in [6.07, 6.45) is 0.863. The predicted molar refractivity (Wildman–Crippen MR) is 172 cm³/mol. The Labute approximate surface area is 264 Å². The third-order valence-electron chi connectivity index (χ3n) is 7.79. The van der Waals surface area contributed by atoms with Gasteiger partial charge < -0.3 is 31.1 Å². The van der Waals surface area contributed by atoms with Crippen LogP contribution in [0, 0.1) is 17.8 Å². The van der Waals surface area contributed by atoms with Crippen LogP contribution in [0.25, 0.3) is 0 Å². The van der Waals surface area contributed by atoms with Crippen LogP contribution in [-0.4, -0.2) is 64.5 Å². The van der Waals surface area contributed by atoms with Crippen molar-refractivity contribution in [2.45, 2.75) is 91.8 Å². The number of hydrogen-bond acceptors (Lipinski definition) is 8. The van der Waals surface area contributed by atoms with Crippen LogP contribution in [0.15, 0.2) is 29.6 Å². The summed E-state index contributed by atoms with van der Waals surface area (Å²) < 4.78 is 5.78. The molecule has 0 aliphatic rings. The number of carbonyl (C=O) groups is 4. The summed E-state index contributed by atoms with van der Waals surface area (Å²) in [5, 5.41) is 17.1. The van der Waals surface area contributed by atoms with Crippen LogP contribution in [0.2, 0.25) is 0 Å². The molecule has 44 heavy (non-hydrogen) atoms. The molecule has 0 saturated heterocycles. The number of nitrogens with one attached hydrogen (secondary N) is 2. The lowest BCUT2D eigenvalue weighted by Gasteiger charge is -2.34. The molecule has 0 saturated carbocycles. The molecule has 5 N–H and O–H groups in total. The Balaban J connectivity index is 2.30. The number of carboxylic acid groups (broad SMARTS) is 1. The molecule has 2 aromatic rings. The predicted octanol–water partition coefficient (Wildman–Crippen LogP) is 5.27. The van der Waals surface area contributed by atoms with Crippen molar-refractivity contribution in [2.24, 2.45) is 17.8 Å². The second-order valence-corrected chi connectivity index (χ2v) is 12.7. The zero-order chi connectivity index (χ0) is 33.0. The zero-order valence-corrected chi connectivity index (χ0v) is 27.8. The number of nitrogens with two attached hydrogens (primary N) is 1. The van der Waals surface area contributed by atoms with Crippen molar-refractivity contribution in [1.82, 2.24) is 20.5 Å². The van der Waals surface area contributed by atoms with Crippen molar-refractivity contribution < 1.29 is 29.0 Å². The number of ether oxygens (including phenoxy) is 1. The monoisotopic (exact) mass is 631 g/mol. The first kappa shape index (κ1) is 36.5. The standard InChI is InChI=1S/C32H49N5O6S/c1-8-20(5)14-28(38)37(7)26(19(3)4)17-27(43-32(42)34-9-2)30-36-25(18-44-30)29(39)35-24(15-21(6)31(40)41)16-22-10-12-23(33)13-11-22/h10-13,18-21,24,26-27H,8-9,14-17,33H2,1-7H3,(H,34,42)(H,35,39)(H,40,41)/t20-,21-,24+,26+,27+/m0/s1. The van der Waals surface area contributed by atoms with Gasteiger partial charge in [0, 0.05) is 49.6 Å². The van der Waals surface area contributed by atoms with E-state index in [1.807, 2.05) is 32.9 Å². The fourth-order valence-corrected chi connectivity index (χ4v) is 5.68. The average molecular weight is 632 g/mol. The van der Waals surface area contributed by atoms with Gasteiger partial charge in [-0.05, 0) is 49.3 Å². The number of anilines is 1. The second kappa shape index (κ2) is 17.6. The van der Waals surface area contributed by atoms with E-state index >= 15 is 0 Å². The highest BCUT2D eigenvalue weighted by molar-refractivity contribution is 7.09. The van der Waals surface area contributed by atoms with Gasteiger partial charge in [-0.15, -0.1) is 11.3 Å². The molecule has 5 atom stereocenters. The number of alkyl carbamates (subject to hydrolysis) is 1. The molecular weight excluding hydrogens is 582 g/mol. The van der Waals surface area contributed by atoms with E-state index in [4.69, 9.17) is 10.5 Å². The van der Waals surface area contributed by atoms with Crippen molar-refractivity contribution in [1.29, 1.82) is 0 Å². The van der Waals surface area contributed by atoms with Crippen LogP contribution < -0.4 is 16.4 Å². The normalized spacial score (nSPS) is 14.6. The molecule has 0 radical (unpaired) electrons. The Kier molecular flexibility index (Phi) is 14.6. The maximum Gasteiger partial charge on any atom is 0.407 e. The molecular formula is C32H49N5O6S. The van der Waals surface area contributed by atoms with E-state index in [0.717, 1.165) is 12.0 Å². The van der Waals surface area contributed by atoms with E-state index < -0.39 is 36.0 Å². The Morgan fingerprint density at radius 1 is 1.07 bits per heavy atom. The van der Waals surface area contributed by atoms with Crippen molar-refractivity contribution in [3.8, 4) is 0 Å². The first-order valence-corrected chi connectivity index (χ1v) is 16.2. The minimum atomic E-state index is -0.949. The number of aromatic nitrogens is 1. The Morgan fingerprint density at radius 2 is 1.73 bits per heavy atom. The number of rotatable bonds is 17. The lowest BCUT2D eigenvalue weighted by Crippen LogP contribution is -2.42. The summed E-state index contributed by atoms with van der Waals surface area (Å²) in [6, 6.07) is 6.50. The van der Waals surface area contributed by atoms with E-state index in [2.05, 4.69) is 22.5 Å². The molecule has 0 aliphatic carbocycles. The number of thiazole rings is 1. The fourth-order valence-electron chi connectivity index (χ4n) is 4.84. The highest BCUT2D eigenvalue weighted by Gasteiger charge is 2.32. The van der Waals surface area contributed by atoms with Gasteiger partial charge in [-0.2, -0.15) is 0 Å². The highest BCUT2D eigenvalue weighted by Crippen LogP contribution is 2.31. The molecule has 2 rings (SSSR count). The van der Waals surface area contributed by atoms with E-state index in [-0.39, 0.29) is 35.9 Å². The topological polar surface area (TPSA) is 164 Å². The van der Waals surface area contributed by atoms with Gasteiger partial charge in [0.1, 0.15) is 10.7 Å². The lowest BCUT2D eigenvalue weighted by atomic mass is 9.95. The molecule has 0 bridgehead atoms. The average Bonchev–Trinajstić information content (AvgIpc) is 3.46. The molecule has 3 amide bonds. The quantitative estimate of drug-likeness (QED) is 0.171. The van der Waals surface area contributed by atoms with Crippen LogP contribution in [-0.2, 0) is 20.7 Å². The highest BCUT2D eigenvalue weighted by atomic mass is 32.1. The zero-order valence-electron chi connectivity index (χ0n) is 27.0. The van der Waals surface area contributed by atoms with Gasteiger partial charge in [-0.1, -0.05) is 53.2 Å². The van der Waals surface area contributed by atoms with Crippen LogP contribution >= 0.6 is 11.3 Å². The van der Waals surface area contributed by atoms with Crippen LogP contribution in [0.4, 0.5) is 10.5 Å². The van der Waals surface area contributed by atoms with E-state index in [1.54, 1.807) is 43.3 Å². The molecule has 1 aromatic carbocycles. The maximum atomic E-state index is 13.4. The van der Waals surface area contributed by atoms with Crippen LogP contribution in [0.5, 0.6) is 0 Å². The van der Waals surface area contributed by atoms with E-state index in [1.165, 1.54) is 11.3 Å². The van der Waals surface area contributed by atoms with Gasteiger partial charge in [0.25, 0.3) is 5.91 Å². The third kappa shape index (κ3) is 11.4. The first-order valence-electron chi connectivity index (χ1n) is 15.3. The maximum absolute atomic E-state index is 13.4. The first-order chi connectivity index (χ1) is 20.7. The van der Waals surface area contributed by atoms with Crippen LogP contribution in [0.1, 0.15) is 94.4 Å². The SMILES string of the molecule is CCNC(=O)O[C@H](C[C@H](C(C)C)N(C)C(=O)C[C@@H](C)CC)c1nc(C(=O)N[C@@H](Cc2ccc(N)cc2)C[C@H](C)C(=O)O)cs1. The molecule has 244 valence electrons. The van der Waals surface area contributed by atoms with Crippen molar-refractivity contribution in [2.75, 3.05) is 19.3 Å². The minimum absolute atomic E-state index is 0.0248. The van der Waals surface area contributed by atoms with Crippen LogP contribution in [0.3, 0.4) is 0 Å². The molecule has 11 nitrogen and oxygen atoms in total. The number of nitrogen functional groups attached to an aromatic ring is 1. The lowest BCUT2D eigenvalue weighted by molar-refractivity contribution is -0.141. The largest absolute Gasteiger partial charge is 0.481 e. The summed E-state index contributed by atoms with van der Waals surface area (Å²) in [4.78, 5) is 56.8. The number of amides is 3. The summed E-state index contributed by atoms with van der Waals surface area (Å²) in [5.74, 6) is -1.74. The Hall–Kier alpha value is -3.67. The number of carboxylic acids is 1. The smallest absolute Gasteiger partial charge is 0.407 e. The van der Waals surface area contributed by atoms with Gasteiger partial charge >= 0.3 is 12.1 Å².